The minimum Gasteiger partial charge on any atom is -0.319 e. The summed E-state index contributed by atoms with van der Waals surface area (Å²) in [6.07, 6.45) is 0. The molecule has 3 aromatic rings. The fraction of sp³-hybridized carbons (Fsp3) is 0.176. The summed E-state index contributed by atoms with van der Waals surface area (Å²) in [6, 6.07) is 19.3. The first-order valence-electron chi connectivity index (χ1n) is 6.68. The van der Waals surface area contributed by atoms with E-state index in [2.05, 4.69) is 59.9 Å². The van der Waals surface area contributed by atoms with Crippen molar-refractivity contribution in [2.75, 3.05) is 13.1 Å². The quantitative estimate of drug-likeness (QED) is 0.650. The van der Waals surface area contributed by atoms with Gasteiger partial charge in [-0.3, -0.25) is 0 Å². The molecule has 0 saturated carbocycles. The monoisotopic (exact) mass is 248 g/mol. The summed E-state index contributed by atoms with van der Waals surface area (Å²) in [5.41, 5.74) is 7.65. The van der Waals surface area contributed by atoms with E-state index in [4.69, 9.17) is 5.73 Å². The molecule has 0 aromatic heterocycles. The Kier molecular flexibility index (Phi) is 2.19. The van der Waals surface area contributed by atoms with E-state index in [0.29, 0.717) is 0 Å². The summed E-state index contributed by atoms with van der Waals surface area (Å²) in [7, 11) is 0. The predicted octanol–water partition coefficient (Wildman–Crippen LogP) is 2.75. The zero-order chi connectivity index (χ0) is 12.9. The van der Waals surface area contributed by atoms with Crippen LogP contribution in [0.2, 0.25) is 0 Å². The van der Waals surface area contributed by atoms with Crippen molar-refractivity contribution in [2.45, 2.75) is 5.54 Å². The van der Waals surface area contributed by atoms with Gasteiger partial charge in [0.2, 0.25) is 0 Å². The first-order valence-corrected chi connectivity index (χ1v) is 6.68. The average Bonchev–Trinajstić information content (AvgIpc) is 2.42. The Morgan fingerprint density at radius 2 is 1.37 bits per heavy atom. The summed E-state index contributed by atoms with van der Waals surface area (Å²) in [6.45, 7) is 1.70. The molecule has 19 heavy (non-hydrogen) atoms. The van der Waals surface area contributed by atoms with Gasteiger partial charge in [0.15, 0.2) is 0 Å². The van der Waals surface area contributed by atoms with Crippen LogP contribution in [0.3, 0.4) is 0 Å². The van der Waals surface area contributed by atoms with Gasteiger partial charge >= 0.3 is 0 Å². The van der Waals surface area contributed by atoms with Gasteiger partial charge in [-0.15, -0.1) is 0 Å². The Morgan fingerprint density at radius 3 is 1.84 bits per heavy atom. The van der Waals surface area contributed by atoms with Gasteiger partial charge in [0, 0.05) is 13.1 Å². The van der Waals surface area contributed by atoms with E-state index in [1.165, 1.54) is 27.1 Å². The molecular weight excluding hydrogens is 232 g/mol. The van der Waals surface area contributed by atoms with E-state index < -0.39 is 0 Å². The smallest absolute Gasteiger partial charge is 0.0674 e. The highest BCUT2D eigenvalue weighted by Gasteiger charge is 2.36. The molecule has 1 fully saturated rings. The molecule has 2 nitrogen and oxygen atoms in total. The number of fused-ring (bicyclic) bond motifs is 2. The van der Waals surface area contributed by atoms with Crippen LogP contribution in [0.1, 0.15) is 5.56 Å². The van der Waals surface area contributed by atoms with Crippen LogP contribution in [0.4, 0.5) is 0 Å². The molecule has 0 spiro atoms. The van der Waals surface area contributed by atoms with Crippen LogP contribution >= 0.6 is 0 Å². The lowest BCUT2D eigenvalue weighted by Gasteiger charge is -2.41. The van der Waals surface area contributed by atoms with Gasteiger partial charge in [0.1, 0.15) is 0 Å². The largest absolute Gasteiger partial charge is 0.319 e. The number of hydrogen-bond acceptors (Lipinski definition) is 2. The lowest BCUT2D eigenvalue weighted by atomic mass is 9.79. The molecule has 1 saturated heterocycles. The molecule has 0 amide bonds. The Bertz CT molecular complexity index is 718. The van der Waals surface area contributed by atoms with Crippen molar-refractivity contribution in [1.29, 1.82) is 0 Å². The van der Waals surface area contributed by atoms with Crippen LogP contribution in [-0.4, -0.2) is 13.1 Å². The summed E-state index contributed by atoms with van der Waals surface area (Å²) in [4.78, 5) is 0. The Balaban J connectivity index is 2.20. The van der Waals surface area contributed by atoms with Gasteiger partial charge in [-0.2, -0.15) is 0 Å². The maximum Gasteiger partial charge on any atom is 0.0674 e. The first kappa shape index (κ1) is 11.0. The van der Waals surface area contributed by atoms with Crippen LogP contribution in [0.5, 0.6) is 0 Å². The van der Waals surface area contributed by atoms with E-state index in [9.17, 15) is 0 Å². The predicted molar refractivity (Wildman–Crippen MR) is 80.2 cm³/mol. The zero-order valence-electron chi connectivity index (χ0n) is 10.7. The fourth-order valence-corrected chi connectivity index (χ4v) is 3.12. The second-order valence-corrected chi connectivity index (χ2v) is 5.45. The van der Waals surface area contributed by atoms with Gasteiger partial charge in [0.25, 0.3) is 0 Å². The van der Waals surface area contributed by atoms with Crippen molar-refractivity contribution < 1.29 is 0 Å². The number of hydrogen-bond donors (Lipinski definition) is 2. The molecule has 1 aliphatic rings. The van der Waals surface area contributed by atoms with Crippen LogP contribution < -0.4 is 11.1 Å². The highest BCUT2D eigenvalue weighted by atomic mass is 15.1. The highest BCUT2D eigenvalue weighted by molar-refractivity contribution is 6.03. The van der Waals surface area contributed by atoms with Crippen LogP contribution in [0.25, 0.3) is 21.5 Å². The van der Waals surface area contributed by atoms with Crippen LogP contribution in [0.15, 0.2) is 54.6 Å². The second kappa shape index (κ2) is 3.80. The summed E-state index contributed by atoms with van der Waals surface area (Å²) in [5, 5.41) is 8.41. The van der Waals surface area contributed by atoms with Crippen LogP contribution in [0, 0.1) is 0 Å². The maximum absolute atomic E-state index is 6.59. The van der Waals surface area contributed by atoms with E-state index in [1.807, 2.05) is 0 Å². The van der Waals surface area contributed by atoms with Gasteiger partial charge in [-0.1, -0.05) is 48.5 Å². The van der Waals surface area contributed by atoms with Gasteiger partial charge in [-0.05, 0) is 33.2 Å². The third kappa shape index (κ3) is 1.51. The molecule has 1 heterocycles. The minimum absolute atomic E-state index is 0.236. The number of rotatable bonds is 1. The van der Waals surface area contributed by atoms with Crippen LogP contribution in [-0.2, 0) is 5.54 Å². The maximum atomic E-state index is 6.59. The lowest BCUT2D eigenvalue weighted by molar-refractivity contribution is 0.291. The molecule has 1 aliphatic heterocycles. The van der Waals surface area contributed by atoms with Crippen molar-refractivity contribution >= 4 is 21.5 Å². The Labute approximate surface area is 112 Å². The average molecular weight is 248 g/mol. The molecule has 0 bridgehead atoms. The molecule has 3 N–H and O–H groups in total. The van der Waals surface area contributed by atoms with E-state index >= 15 is 0 Å². The number of nitrogens with two attached hydrogens (primary N) is 1. The van der Waals surface area contributed by atoms with Gasteiger partial charge < -0.3 is 11.1 Å². The zero-order valence-corrected chi connectivity index (χ0v) is 10.7. The van der Waals surface area contributed by atoms with Crippen molar-refractivity contribution in [3.8, 4) is 0 Å². The number of benzene rings is 3. The fourth-order valence-electron chi connectivity index (χ4n) is 3.12. The highest BCUT2D eigenvalue weighted by Crippen LogP contribution is 2.36. The van der Waals surface area contributed by atoms with Crippen molar-refractivity contribution in [1.82, 2.24) is 5.32 Å². The Hall–Kier alpha value is -1.90. The van der Waals surface area contributed by atoms with E-state index in [1.54, 1.807) is 0 Å². The summed E-state index contributed by atoms with van der Waals surface area (Å²) < 4.78 is 0. The molecular formula is C17H16N2. The molecule has 4 rings (SSSR count). The standard InChI is InChI=1S/C17H16N2/c18-17(10-19-11-17)16-14-7-3-1-5-12(14)9-13-6-2-4-8-15(13)16/h1-9,19H,10-11,18H2. The van der Waals surface area contributed by atoms with Crippen molar-refractivity contribution in [3.63, 3.8) is 0 Å². The normalized spacial score (nSPS) is 17.5. The Morgan fingerprint density at radius 1 is 0.842 bits per heavy atom. The molecule has 3 aromatic carbocycles. The summed E-state index contributed by atoms with van der Waals surface area (Å²) in [5.74, 6) is 0. The second-order valence-electron chi connectivity index (χ2n) is 5.45. The topological polar surface area (TPSA) is 38.0 Å². The van der Waals surface area contributed by atoms with Gasteiger partial charge in [-0.25, -0.2) is 0 Å². The SMILES string of the molecule is NC1(c2c3ccccc3cc3ccccc23)CNC1. The first-order chi connectivity index (χ1) is 9.28. The van der Waals surface area contributed by atoms with E-state index in [0.717, 1.165) is 13.1 Å². The van der Waals surface area contributed by atoms with Crippen molar-refractivity contribution in [3.05, 3.63) is 60.2 Å². The molecule has 0 radical (unpaired) electrons. The third-order valence-corrected chi connectivity index (χ3v) is 4.15. The minimum atomic E-state index is -0.236. The lowest BCUT2D eigenvalue weighted by Crippen LogP contribution is -2.62. The number of nitrogens with one attached hydrogen (secondary N) is 1. The summed E-state index contributed by atoms with van der Waals surface area (Å²) >= 11 is 0. The molecule has 94 valence electrons. The molecule has 0 unspecified atom stereocenters. The molecule has 0 atom stereocenters. The van der Waals surface area contributed by atoms with Crippen molar-refractivity contribution in [2.24, 2.45) is 5.73 Å². The third-order valence-electron chi connectivity index (χ3n) is 4.15. The van der Waals surface area contributed by atoms with Gasteiger partial charge in [0.05, 0.1) is 5.54 Å². The van der Waals surface area contributed by atoms with E-state index in [-0.39, 0.29) is 5.54 Å². The molecule has 0 aliphatic carbocycles. The molecule has 2 heteroatoms.